The molecule has 0 aromatic heterocycles. The predicted molar refractivity (Wildman–Crippen MR) is 262 cm³/mol. The summed E-state index contributed by atoms with van der Waals surface area (Å²) < 4.78 is 19.8. The zero-order chi connectivity index (χ0) is 44.6. The van der Waals surface area contributed by atoms with Crippen molar-refractivity contribution in [3.8, 4) is 0 Å². The van der Waals surface area contributed by atoms with Crippen LogP contribution in [0.15, 0.2) is 36.4 Å². The molecule has 2 aromatic carbocycles. The third-order valence-electron chi connectivity index (χ3n) is 10.3. The molecule has 4 heterocycles. The minimum Gasteiger partial charge on any atom is -1.00 e. The van der Waals surface area contributed by atoms with E-state index >= 15 is 0 Å². The average molecular weight is 975 g/mol. The van der Waals surface area contributed by atoms with Gasteiger partial charge in [0.05, 0.1) is 0 Å². The molecule has 0 N–H and O–H groups in total. The molecule has 8 nitrogen and oxygen atoms in total. The van der Waals surface area contributed by atoms with Crippen molar-refractivity contribution in [3.05, 3.63) is 79.3 Å². The van der Waals surface area contributed by atoms with Crippen LogP contribution in [-0.2, 0) is 45.2 Å². The average Bonchev–Trinajstić information content (AvgIpc) is 4.06. The van der Waals surface area contributed by atoms with Gasteiger partial charge in [0, 0.05) is 52.9 Å². The zero-order valence-electron chi connectivity index (χ0n) is 43.0. The Hall–Kier alpha value is -0.213. The summed E-state index contributed by atoms with van der Waals surface area (Å²) >= 11 is 0. The van der Waals surface area contributed by atoms with Crippen LogP contribution >= 0.6 is 0 Å². The standard InChI is InChI=1S/C30H48N2Si.4C4H8O.2C2H6N.ClH.Li.Zr/c1-19(2)25-15-13-16-26(20(3)4)29(25)31-33(23(9)10,24(11)12)32-30-27(21(5)6)17-14-18-28(30)22(7)8;4*1-2-4-5-3-1;2*1-3-2;;;/h13-24H,1-12H3;4*1-4H2;2*1-2H3;1H;;/q-2;;;;;2*-1;;+1;+4/p-1. The van der Waals surface area contributed by atoms with Crippen LogP contribution in [0.3, 0.4) is 0 Å². The first-order valence-corrected chi connectivity index (χ1v) is 25.2. The van der Waals surface area contributed by atoms with Crippen LogP contribution in [0.25, 0.3) is 20.6 Å². The second kappa shape index (κ2) is 42.2. The summed E-state index contributed by atoms with van der Waals surface area (Å²) in [5.41, 5.74) is 8.66. The zero-order valence-corrected chi connectivity index (χ0v) is 47.3. The molecular formula is C50H92ClLiN4O4SiZr. The number of hydrogen-bond acceptors (Lipinski definition) is 4. The Bertz CT molecular complexity index is 1090. The van der Waals surface area contributed by atoms with Crippen molar-refractivity contribution >= 4 is 19.8 Å². The van der Waals surface area contributed by atoms with E-state index in [0.717, 1.165) is 52.9 Å². The summed E-state index contributed by atoms with van der Waals surface area (Å²) in [6, 6.07) is 13.5. The predicted octanol–water partition coefficient (Wildman–Crippen LogP) is 9.59. The quantitative estimate of drug-likeness (QED) is 0.222. The molecule has 0 aliphatic carbocycles. The normalized spacial score (nSPS) is 15.1. The summed E-state index contributed by atoms with van der Waals surface area (Å²) in [5.74, 6) is 1.73. The molecule has 4 aliphatic rings. The van der Waals surface area contributed by atoms with E-state index in [1.54, 1.807) is 28.2 Å². The summed E-state index contributed by atoms with van der Waals surface area (Å²) in [6.07, 6.45) is 10.2. The number of rotatable bonds is 10. The minimum atomic E-state index is -2.49. The van der Waals surface area contributed by atoms with Crippen molar-refractivity contribution in [2.75, 3.05) is 81.0 Å². The van der Waals surface area contributed by atoms with Gasteiger partial charge < -0.3 is 52.0 Å². The molecule has 4 fully saturated rings. The summed E-state index contributed by atoms with van der Waals surface area (Å²) in [4.78, 5) is 11.6. The van der Waals surface area contributed by atoms with Crippen molar-refractivity contribution in [1.29, 1.82) is 0 Å². The van der Waals surface area contributed by atoms with Crippen LogP contribution in [0.1, 0.15) is 180 Å². The van der Waals surface area contributed by atoms with Gasteiger partial charge in [0.25, 0.3) is 0 Å². The number of hydrogen-bond donors (Lipinski definition) is 0. The van der Waals surface area contributed by atoms with Crippen LogP contribution in [0.4, 0.5) is 11.4 Å². The number of benzene rings is 2. The van der Waals surface area contributed by atoms with E-state index < -0.39 is 8.40 Å². The molecule has 4 aliphatic heterocycles. The smallest absolute Gasteiger partial charge is 1.00 e. The van der Waals surface area contributed by atoms with Crippen LogP contribution in [0.5, 0.6) is 0 Å². The molecule has 2 aromatic rings. The summed E-state index contributed by atoms with van der Waals surface area (Å²) in [6.45, 7) is 35.7. The first-order chi connectivity index (χ1) is 28.2. The van der Waals surface area contributed by atoms with Gasteiger partial charge in [-0.2, -0.15) is 28.2 Å². The van der Waals surface area contributed by atoms with Gasteiger partial charge in [-0.1, -0.05) is 153 Å². The van der Waals surface area contributed by atoms with Crippen LogP contribution in [-0.4, -0.2) is 89.4 Å². The maximum atomic E-state index is 5.80. The van der Waals surface area contributed by atoms with E-state index in [1.165, 1.54) is 85.0 Å². The third-order valence-corrected chi connectivity index (χ3v) is 14.8. The minimum absolute atomic E-state index is 0. The van der Waals surface area contributed by atoms with Gasteiger partial charge in [0.1, 0.15) is 0 Å². The molecular weight excluding hydrogens is 882 g/mol. The molecule has 0 atom stereocenters. The fourth-order valence-corrected chi connectivity index (χ4v) is 10.5. The monoisotopic (exact) mass is 973 g/mol. The maximum absolute atomic E-state index is 5.80. The van der Waals surface area contributed by atoms with E-state index in [1.807, 2.05) is 0 Å². The number of halogens is 1. The van der Waals surface area contributed by atoms with E-state index in [0.29, 0.717) is 34.8 Å². The first kappa shape index (κ1) is 68.4. The van der Waals surface area contributed by atoms with E-state index in [-0.39, 0.29) is 57.5 Å². The van der Waals surface area contributed by atoms with Gasteiger partial charge in [0.2, 0.25) is 0 Å². The fraction of sp³-hybridized carbons (Fsp3) is 0.760. The van der Waals surface area contributed by atoms with Crippen LogP contribution in [0.2, 0.25) is 11.1 Å². The topological polar surface area (TPSA) is 93.3 Å². The van der Waals surface area contributed by atoms with Crippen molar-refractivity contribution < 1.29 is 76.4 Å². The molecule has 12 heteroatoms. The molecule has 0 bridgehead atoms. The molecule has 0 radical (unpaired) electrons. The molecule has 0 unspecified atom stereocenters. The maximum Gasteiger partial charge on any atom is 4.00 e. The fourth-order valence-electron chi connectivity index (χ4n) is 6.89. The Morgan fingerprint density at radius 1 is 0.403 bits per heavy atom. The molecule has 0 spiro atoms. The van der Waals surface area contributed by atoms with Crippen molar-refractivity contribution in [1.82, 2.24) is 0 Å². The van der Waals surface area contributed by atoms with Crippen molar-refractivity contribution in [2.24, 2.45) is 0 Å². The van der Waals surface area contributed by atoms with Gasteiger partial charge >= 0.3 is 45.1 Å². The van der Waals surface area contributed by atoms with E-state index in [9.17, 15) is 0 Å². The molecule has 6 rings (SSSR count). The Kier molecular flexibility index (Phi) is 46.5. The van der Waals surface area contributed by atoms with Gasteiger partial charge in [-0.3, -0.25) is 0 Å². The Morgan fingerprint density at radius 2 is 0.581 bits per heavy atom. The van der Waals surface area contributed by atoms with Crippen molar-refractivity contribution in [3.63, 3.8) is 0 Å². The van der Waals surface area contributed by atoms with Crippen LogP contribution in [0, 0.1) is 0 Å². The SMILES string of the molecule is C1CCOC1.C1CCOC1.C1CCOC1.C1CCOC1.CC(C)c1cccc(C(C)C)c1[N-][Si]([N-]c1c(C(C)C)cccc1C(C)C)(C(C)C)C(C)C.C[N-]C.C[N-]C.[Cl-].[Li+].[Zr+4]. The number of nitrogens with zero attached hydrogens (tertiary/aromatic N) is 4. The Balaban J connectivity index is -0.000000461. The molecule has 352 valence electrons. The Morgan fingerprint density at radius 3 is 0.694 bits per heavy atom. The van der Waals surface area contributed by atoms with E-state index in [4.69, 9.17) is 28.9 Å². The van der Waals surface area contributed by atoms with Crippen LogP contribution < -0.4 is 31.3 Å². The third kappa shape index (κ3) is 28.1. The van der Waals surface area contributed by atoms with Gasteiger partial charge in [0.15, 0.2) is 0 Å². The second-order valence-electron chi connectivity index (χ2n) is 17.7. The second-order valence-corrected chi connectivity index (χ2v) is 22.0. The van der Waals surface area contributed by atoms with Gasteiger partial charge in [-0.05, 0) is 75.0 Å². The van der Waals surface area contributed by atoms with Gasteiger partial charge in [-0.15, -0.1) is 19.8 Å². The van der Waals surface area contributed by atoms with E-state index in [2.05, 4.69) is 130 Å². The summed E-state index contributed by atoms with van der Waals surface area (Å²) in [7, 11) is 4.51. The largest absolute Gasteiger partial charge is 4.00 e. The molecule has 4 saturated heterocycles. The summed E-state index contributed by atoms with van der Waals surface area (Å²) in [5, 5.41) is 7.00. The van der Waals surface area contributed by atoms with Gasteiger partial charge in [-0.25, -0.2) is 0 Å². The molecule has 0 amide bonds. The molecule has 62 heavy (non-hydrogen) atoms. The molecule has 0 saturated carbocycles. The van der Waals surface area contributed by atoms with Crippen molar-refractivity contribution in [2.45, 2.75) is 169 Å². The Labute approximate surface area is 422 Å². The first-order valence-electron chi connectivity index (χ1n) is 23.1. The number of ether oxygens (including phenoxy) is 4.